The Kier molecular flexibility index (Phi) is 5.89. The van der Waals surface area contributed by atoms with Crippen LogP contribution in [0.4, 0.5) is 4.39 Å². The summed E-state index contributed by atoms with van der Waals surface area (Å²) in [6.07, 6.45) is 0.801. The summed E-state index contributed by atoms with van der Waals surface area (Å²) in [5.74, 6) is 1.79. The summed E-state index contributed by atoms with van der Waals surface area (Å²) >= 11 is 1.52. The lowest BCUT2D eigenvalue weighted by molar-refractivity contribution is 0.450. The molecule has 3 aromatic rings. The Balaban J connectivity index is 1.78. The summed E-state index contributed by atoms with van der Waals surface area (Å²) in [4.78, 5) is 9.09. The Labute approximate surface area is 157 Å². The zero-order valence-electron chi connectivity index (χ0n) is 15.1. The minimum absolute atomic E-state index is 0.230. The van der Waals surface area contributed by atoms with E-state index in [-0.39, 0.29) is 5.82 Å². The summed E-state index contributed by atoms with van der Waals surface area (Å²) in [5.41, 5.74) is 4.23. The summed E-state index contributed by atoms with van der Waals surface area (Å²) in [6, 6.07) is 14.4. The molecule has 0 bridgehead atoms. The maximum atomic E-state index is 13.0. The Hall–Kier alpha value is -2.40. The highest BCUT2D eigenvalue weighted by Gasteiger charge is 2.09. The van der Waals surface area contributed by atoms with E-state index in [9.17, 15) is 4.39 Å². The molecule has 0 radical (unpaired) electrons. The lowest BCUT2D eigenvalue weighted by atomic mass is 10.1. The van der Waals surface area contributed by atoms with Gasteiger partial charge in [-0.3, -0.25) is 0 Å². The molecular formula is C21H21FN2OS. The summed E-state index contributed by atoms with van der Waals surface area (Å²) in [6.45, 7) is 6.13. The average Bonchev–Trinajstić information content (AvgIpc) is 2.63. The van der Waals surface area contributed by atoms with Gasteiger partial charge in [0.25, 0.3) is 0 Å². The molecule has 0 atom stereocenters. The standard InChI is InChI=1S/C21H21FN2OS/c1-4-18-12-20(25-19-10-5-14(2)11-15(19)3)24-21(23-18)26-13-16-6-8-17(22)9-7-16/h5-12H,4,13H2,1-3H3. The van der Waals surface area contributed by atoms with E-state index in [1.165, 1.54) is 29.5 Å². The number of ether oxygens (including phenoxy) is 1. The summed E-state index contributed by atoms with van der Waals surface area (Å²) in [7, 11) is 0. The third-order valence-corrected chi connectivity index (χ3v) is 4.84. The van der Waals surface area contributed by atoms with Gasteiger partial charge in [0, 0.05) is 17.5 Å². The van der Waals surface area contributed by atoms with Crippen molar-refractivity contribution in [3.05, 3.63) is 76.7 Å². The van der Waals surface area contributed by atoms with Crippen molar-refractivity contribution in [2.75, 3.05) is 0 Å². The van der Waals surface area contributed by atoms with Gasteiger partial charge in [0.15, 0.2) is 5.16 Å². The van der Waals surface area contributed by atoms with Crippen LogP contribution >= 0.6 is 11.8 Å². The molecule has 0 aliphatic rings. The van der Waals surface area contributed by atoms with Crippen LogP contribution in [-0.4, -0.2) is 9.97 Å². The van der Waals surface area contributed by atoms with Gasteiger partial charge in [0.2, 0.25) is 5.88 Å². The van der Waals surface area contributed by atoms with Crippen LogP contribution < -0.4 is 4.74 Å². The monoisotopic (exact) mass is 368 g/mol. The quantitative estimate of drug-likeness (QED) is 0.402. The molecule has 134 valence electrons. The molecule has 0 amide bonds. The van der Waals surface area contributed by atoms with E-state index >= 15 is 0 Å². The molecule has 0 saturated heterocycles. The first-order valence-corrected chi connectivity index (χ1v) is 9.52. The number of hydrogen-bond acceptors (Lipinski definition) is 4. The number of nitrogens with zero attached hydrogens (tertiary/aromatic N) is 2. The molecule has 0 N–H and O–H groups in total. The fraction of sp³-hybridized carbons (Fsp3) is 0.238. The molecular weight excluding hydrogens is 347 g/mol. The van der Waals surface area contributed by atoms with E-state index in [2.05, 4.69) is 29.9 Å². The molecule has 0 spiro atoms. The maximum absolute atomic E-state index is 13.0. The third kappa shape index (κ3) is 4.82. The first kappa shape index (κ1) is 18.4. The van der Waals surface area contributed by atoms with E-state index < -0.39 is 0 Å². The van der Waals surface area contributed by atoms with Gasteiger partial charge < -0.3 is 4.74 Å². The van der Waals surface area contributed by atoms with E-state index in [0.29, 0.717) is 16.8 Å². The number of aromatic nitrogens is 2. The normalized spacial score (nSPS) is 10.8. The Morgan fingerprint density at radius 1 is 1.00 bits per heavy atom. The summed E-state index contributed by atoms with van der Waals surface area (Å²) < 4.78 is 19.0. The maximum Gasteiger partial charge on any atom is 0.223 e. The second-order valence-corrected chi connectivity index (χ2v) is 7.06. The molecule has 26 heavy (non-hydrogen) atoms. The van der Waals surface area contributed by atoms with Crippen molar-refractivity contribution < 1.29 is 9.13 Å². The highest BCUT2D eigenvalue weighted by molar-refractivity contribution is 7.98. The SMILES string of the molecule is CCc1cc(Oc2ccc(C)cc2C)nc(SCc2ccc(F)cc2)n1. The van der Waals surface area contributed by atoms with Gasteiger partial charge in [0.1, 0.15) is 11.6 Å². The predicted octanol–water partition coefficient (Wildman–Crippen LogP) is 5.88. The van der Waals surface area contributed by atoms with Crippen molar-refractivity contribution in [1.82, 2.24) is 9.97 Å². The van der Waals surface area contributed by atoms with Crippen LogP contribution in [0.15, 0.2) is 53.7 Å². The van der Waals surface area contributed by atoms with Gasteiger partial charge >= 0.3 is 0 Å². The van der Waals surface area contributed by atoms with Crippen molar-refractivity contribution >= 4 is 11.8 Å². The molecule has 3 rings (SSSR count). The van der Waals surface area contributed by atoms with E-state index in [1.807, 2.05) is 25.1 Å². The zero-order valence-corrected chi connectivity index (χ0v) is 15.9. The lowest BCUT2D eigenvalue weighted by Crippen LogP contribution is -1.98. The smallest absolute Gasteiger partial charge is 0.223 e. The molecule has 1 aromatic heterocycles. The van der Waals surface area contributed by atoms with Crippen molar-refractivity contribution in [1.29, 1.82) is 0 Å². The van der Waals surface area contributed by atoms with Crippen molar-refractivity contribution in [2.24, 2.45) is 0 Å². The fourth-order valence-electron chi connectivity index (χ4n) is 2.50. The third-order valence-electron chi connectivity index (χ3n) is 3.92. The van der Waals surface area contributed by atoms with Gasteiger partial charge in [-0.2, -0.15) is 4.98 Å². The molecule has 1 heterocycles. The molecule has 0 unspecified atom stereocenters. The summed E-state index contributed by atoms with van der Waals surface area (Å²) in [5, 5.41) is 0.661. The minimum Gasteiger partial charge on any atom is -0.439 e. The topological polar surface area (TPSA) is 35.0 Å². The number of rotatable bonds is 6. The van der Waals surface area contributed by atoms with Crippen LogP contribution in [-0.2, 0) is 12.2 Å². The Bertz CT molecular complexity index is 897. The Morgan fingerprint density at radius 3 is 2.46 bits per heavy atom. The average molecular weight is 368 g/mol. The molecule has 5 heteroatoms. The van der Waals surface area contributed by atoms with Crippen LogP contribution in [0.3, 0.4) is 0 Å². The van der Waals surface area contributed by atoms with Gasteiger partial charge in [-0.15, -0.1) is 0 Å². The van der Waals surface area contributed by atoms with Crippen molar-refractivity contribution in [3.8, 4) is 11.6 Å². The lowest BCUT2D eigenvalue weighted by Gasteiger charge is -2.11. The fourth-order valence-corrected chi connectivity index (χ4v) is 3.33. The molecule has 0 fully saturated rings. The van der Waals surface area contributed by atoms with Gasteiger partial charge in [0.05, 0.1) is 0 Å². The van der Waals surface area contributed by atoms with Crippen LogP contribution in [0, 0.1) is 19.7 Å². The number of halogens is 1. The number of benzene rings is 2. The van der Waals surface area contributed by atoms with Gasteiger partial charge in [-0.25, -0.2) is 9.37 Å². The number of thioether (sulfide) groups is 1. The highest BCUT2D eigenvalue weighted by atomic mass is 32.2. The number of hydrogen-bond donors (Lipinski definition) is 0. The number of aryl methyl sites for hydroxylation is 3. The first-order chi connectivity index (χ1) is 12.5. The zero-order chi connectivity index (χ0) is 18.5. The Morgan fingerprint density at radius 2 is 1.77 bits per heavy atom. The largest absolute Gasteiger partial charge is 0.439 e. The molecule has 0 aliphatic carbocycles. The van der Waals surface area contributed by atoms with E-state index in [1.54, 1.807) is 12.1 Å². The van der Waals surface area contributed by atoms with Crippen LogP contribution in [0.2, 0.25) is 0 Å². The molecule has 2 aromatic carbocycles. The second-order valence-electron chi connectivity index (χ2n) is 6.12. The molecule has 3 nitrogen and oxygen atoms in total. The molecule has 0 aliphatic heterocycles. The molecule has 0 saturated carbocycles. The van der Waals surface area contributed by atoms with Gasteiger partial charge in [-0.05, 0) is 49.6 Å². The van der Waals surface area contributed by atoms with Crippen LogP contribution in [0.5, 0.6) is 11.6 Å². The van der Waals surface area contributed by atoms with E-state index in [0.717, 1.165) is 29.0 Å². The van der Waals surface area contributed by atoms with Gasteiger partial charge in [-0.1, -0.05) is 48.5 Å². The van der Waals surface area contributed by atoms with Crippen molar-refractivity contribution in [3.63, 3.8) is 0 Å². The van der Waals surface area contributed by atoms with E-state index in [4.69, 9.17) is 4.74 Å². The van der Waals surface area contributed by atoms with Crippen LogP contribution in [0.25, 0.3) is 0 Å². The van der Waals surface area contributed by atoms with Crippen molar-refractivity contribution in [2.45, 2.75) is 38.1 Å². The second kappa shape index (κ2) is 8.32. The first-order valence-electron chi connectivity index (χ1n) is 8.54. The highest BCUT2D eigenvalue weighted by Crippen LogP contribution is 2.27. The van der Waals surface area contributed by atoms with Crippen LogP contribution in [0.1, 0.15) is 29.3 Å². The predicted molar refractivity (Wildman–Crippen MR) is 103 cm³/mol. The minimum atomic E-state index is -0.230.